The predicted molar refractivity (Wildman–Crippen MR) is 114 cm³/mol. The first-order valence-electron chi connectivity index (χ1n) is 8.76. The van der Waals surface area contributed by atoms with Crippen molar-refractivity contribution in [3.05, 3.63) is 82.8 Å². The second kappa shape index (κ2) is 7.76. The average Bonchev–Trinajstić information content (AvgIpc) is 3.00. The van der Waals surface area contributed by atoms with E-state index in [1.807, 2.05) is 48.5 Å². The van der Waals surface area contributed by atoms with Crippen LogP contribution in [-0.2, 0) is 11.3 Å². The van der Waals surface area contributed by atoms with Crippen LogP contribution in [0.25, 0.3) is 21.8 Å². The number of amides is 1. The summed E-state index contributed by atoms with van der Waals surface area (Å²) >= 11 is 3.42. The molecule has 5 heteroatoms. The van der Waals surface area contributed by atoms with Gasteiger partial charge in [-0.15, -0.1) is 0 Å². The van der Waals surface area contributed by atoms with E-state index >= 15 is 0 Å². The van der Waals surface area contributed by atoms with Crippen LogP contribution in [0, 0.1) is 0 Å². The van der Waals surface area contributed by atoms with Crippen LogP contribution in [0.1, 0.15) is 12.0 Å². The molecule has 0 saturated carbocycles. The van der Waals surface area contributed by atoms with Gasteiger partial charge < -0.3 is 4.57 Å². The molecular weight excluding hydrogens is 402 g/mol. The molecule has 1 amide bonds. The maximum Gasteiger partial charge on any atom is 0.241 e. The van der Waals surface area contributed by atoms with Crippen molar-refractivity contribution in [1.29, 1.82) is 0 Å². The third-order valence-electron chi connectivity index (χ3n) is 4.49. The minimum Gasteiger partial charge on any atom is -0.340 e. The van der Waals surface area contributed by atoms with E-state index in [4.69, 9.17) is 0 Å². The molecule has 3 aromatic carbocycles. The summed E-state index contributed by atoms with van der Waals surface area (Å²) in [6.45, 7) is 0.603. The zero-order chi connectivity index (χ0) is 18.6. The molecule has 1 heterocycles. The summed E-state index contributed by atoms with van der Waals surface area (Å²) in [6.07, 6.45) is 2.00. The highest BCUT2D eigenvalue weighted by Crippen LogP contribution is 2.28. The molecule has 0 saturated heterocycles. The summed E-state index contributed by atoms with van der Waals surface area (Å²) in [6, 6.07) is 24.3. The van der Waals surface area contributed by atoms with Gasteiger partial charge in [0.15, 0.2) is 0 Å². The lowest BCUT2D eigenvalue weighted by Crippen LogP contribution is -2.19. The van der Waals surface area contributed by atoms with Gasteiger partial charge in [0.1, 0.15) is 0 Å². The summed E-state index contributed by atoms with van der Waals surface area (Å²) in [5, 5.41) is 6.47. The maximum absolute atomic E-state index is 12.2. The van der Waals surface area contributed by atoms with Gasteiger partial charge in [-0.1, -0.05) is 64.5 Å². The van der Waals surface area contributed by atoms with E-state index in [1.54, 1.807) is 6.21 Å². The highest BCUT2D eigenvalue weighted by molar-refractivity contribution is 9.10. The number of hydrogen-bond donors (Lipinski definition) is 1. The SMILES string of the molecule is O=C(CCn1c2ccccc2c2ccccc21)N/N=C\c1cccc(Br)c1. The molecule has 0 atom stereocenters. The normalized spacial score (nSPS) is 11.4. The second-order valence-electron chi connectivity index (χ2n) is 6.28. The van der Waals surface area contributed by atoms with Crippen LogP contribution in [-0.4, -0.2) is 16.7 Å². The summed E-state index contributed by atoms with van der Waals surface area (Å²) in [7, 11) is 0. The smallest absolute Gasteiger partial charge is 0.241 e. The molecule has 1 aromatic heterocycles. The van der Waals surface area contributed by atoms with Crippen molar-refractivity contribution in [2.75, 3.05) is 0 Å². The van der Waals surface area contributed by atoms with Gasteiger partial charge in [-0.2, -0.15) is 5.10 Å². The van der Waals surface area contributed by atoms with Crippen LogP contribution >= 0.6 is 15.9 Å². The highest BCUT2D eigenvalue weighted by Gasteiger charge is 2.10. The van der Waals surface area contributed by atoms with Crippen molar-refractivity contribution in [3.8, 4) is 0 Å². The Morgan fingerprint density at radius 1 is 0.963 bits per heavy atom. The first kappa shape index (κ1) is 17.5. The van der Waals surface area contributed by atoms with E-state index in [1.165, 1.54) is 10.8 Å². The van der Waals surface area contributed by atoms with Crippen LogP contribution in [0.3, 0.4) is 0 Å². The van der Waals surface area contributed by atoms with Crippen molar-refractivity contribution in [3.63, 3.8) is 0 Å². The van der Waals surface area contributed by atoms with Crippen molar-refractivity contribution < 1.29 is 4.79 Å². The minimum absolute atomic E-state index is 0.108. The molecule has 4 nitrogen and oxygen atoms in total. The topological polar surface area (TPSA) is 46.4 Å². The second-order valence-corrected chi connectivity index (χ2v) is 7.20. The van der Waals surface area contributed by atoms with E-state index in [2.05, 4.69) is 55.3 Å². The number of rotatable bonds is 5. The third kappa shape index (κ3) is 3.78. The van der Waals surface area contributed by atoms with E-state index in [0.717, 1.165) is 21.1 Å². The molecule has 0 aliphatic rings. The number of hydrogen-bond acceptors (Lipinski definition) is 2. The van der Waals surface area contributed by atoms with Crippen LogP contribution in [0.4, 0.5) is 0 Å². The van der Waals surface area contributed by atoms with E-state index in [-0.39, 0.29) is 5.91 Å². The fraction of sp³-hybridized carbons (Fsp3) is 0.0909. The molecular formula is C22H18BrN3O. The summed E-state index contributed by atoms with van der Waals surface area (Å²) in [5.74, 6) is -0.108. The molecule has 0 fully saturated rings. The van der Waals surface area contributed by atoms with Gasteiger partial charge in [-0.05, 0) is 29.8 Å². The molecule has 134 valence electrons. The number of aromatic nitrogens is 1. The first-order valence-corrected chi connectivity index (χ1v) is 9.55. The third-order valence-corrected chi connectivity index (χ3v) is 4.99. The van der Waals surface area contributed by atoms with E-state index in [9.17, 15) is 4.79 Å². The lowest BCUT2D eigenvalue weighted by atomic mass is 10.2. The quantitative estimate of drug-likeness (QED) is 0.355. The average molecular weight is 420 g/mol. The summed E-state index contributed by atoms with van der Waals surface area (Å²) < 4.78 is 3.17. The van der Waals surface area contributed by atoms with Gasteiger partial charge in [0, 0.05) is 39.2 Å². The first-order chi connectivity index (χ1) is 13.2. The molecule has 1 N–H and O–H groups in total. The number of para-hydroxylation sites is 2. The number of carbonyl (C=O) groups is 1. The number of halogens is 1. The standard InChI is InChI=1S/C22H18BrN3O/c23-17-7-5-6-16(14-17)15-24-25-22(27)12-13-26-20-10-3-1-8-18(20)19-9-2-4-11-21(19)26/h1-11,14-15H,12-13H2,(H,25,27)/b24-15-. The number of nitrogens with zero attached hydrogens (tertiary/aromatic N) is 2. The molecule has 0 bridgehead atoms. The Bertz CT molecular complexity index is 1090. The lowest BCUT2D eigenvalue weighted by Gasteiger charge is -2.06. The number of aryl methyl sites for hydroxylation is 1. The van der Waals surface area contributed by atoms with Crippen LogP contribution in [0.2, 0.25) is 0 Å². The molecule has 0 spiro atoms. The Labute approximate surface area is 165 Å². The Morgan fingerprint density at radius 3 is 2.30 bits per heavy atom. The Kier molecular flexibility index (Phi) is 5.03. The number of hydrazone groups is 1. The number of benzene rings is 3. The van der Waals surface area contributed by atoms with Crippen molar-refractivity contribution in [2.45, 2.75) is 13.0 Å². The summed E-state index contributed by atoms with van der Waals surface area (Å²) in [5.41, 5.74) is 5.82. The summed E-state index contributed by atoms with van der Waals surface area (Å²) in [4.78, 5) is 12.2. The molecule has 27 heavy (non-hydrogen) atoms. The zero-order valence-corrected chi connectivity index (χ0v) is 16.2. The number of nitrogens with one attached hydrogen (secondary N) is 1. The van der Waals surface area contributed by atoms with Crippen LogP contribution in [0.5, 0.6) is 0 Å². The molecule has 0 aliphatic carbocycles. The predicted octanol–water partition coefficient (Wildman–Crippen LogP) is 5.10. The van der Waals surface area contributed by atoms with Gasteiger partial charge in [-0.3, -0.25) is 4.79 Å². The van der Waals surface area contributed by atoms with Gasteiger partial charge in [0.2, 0.25) is 5.91 Å². The lowest BCUT2D eigenvalue weighted by molar-refractivity contribution is -0.121. The molecule has 4 rings (SSSR count). The van der Waals surface area contributed by atoms with Crippen molar-refractivity contribution in [2.24, 2.45) is 5.10 Å². The number of fused-ring (bicyclic) bond motifs is 3. The largest absolute Gasteiger partial charge is 0.340 e. The fourth-order valence-electron chi connectivity index (χ4n) is 3.28. The fourth-order valence-corrected chi connectivity index (χ4v) is 3.70. The monoisotopic (exact) mass is 419 g/mol. The van der Waals surface area contributed by atoms with E-state index < -0.39 is 0 Å². The Balaban J connectivity index is 1.47. The molecule has 0 aliphatic heterocycles. The Hall–Kier alpha value is -2.92. The highest BCUT2D eigenvalue weighted by atomic mass is 79.9. The molecule has 4 aromatic rings. The van der Waals surface area contributed by atoms with Gasteiger partial charge in [0.05, 0.1) is 6.21 Å². The van der Waals surface area contributed by atoms with Crippen LogP contribution < -0.4 is 5.43 Å². The van der Waals surface area contributed by atoms with E-state index in [0.29, 0.717) is 13.0 Å². The minimum atomic E-state index is -0.108. The van der Waals surface area contributed by atoms with Crippen LogP contribution in [0.15, 0.2) is 82.4 Å². The van der Waals surface area contributed by atoms with Crippen molar-refractivity contribution in [1.82, 2.24) is 9.99 Å². The molecule has 0 radical (unpaired) electrons. The van der Waals surface area contributed by atoms with Gasteiger partial charge >= 0.3 is 0 Å². The number of carbonyl (C=O) groups excluding carboxylic acids is 1. The maximum atomic E-state index is 12.2. The van der Waals surface area contributed by atoms with Gasteiger partial charge in [0.25, 0.3) is 0 Å². The van der Waals surface area contributed by atoms with Gasteiger partial charge in [-0.25, -0.2) is 5.43 Å². The molecule has 0 unspecified atom stereocenters. The van der Waals surface area contributed by atoms with Crippen molar-refractivity contribution >= 4 is 49.9 Å². The Morgan fingerprint density at radius 2 is 1.63 bits per heavy atom. The zero-order valence-electron chi connectivity index (χ0n) is 14.6.